The second kappa shape index (κ2) is 5.35. The van der Waals surface area contributed by atoms with E-state index in [4.69, 9.17) is 11.6 Å². The molecule has 4 heteroatoms. The number of carbonyl (C=O) groups excluding carboxylic acids is 1. The molecule has 1 aromatic heterocycles. The molecule has 13 heavy (non-hydrogen) atoms. The average Bonchev–Trinajstić information content (AvgIpc) is 2.56. The fraction of sp³-hybridized carbons (Fsp3) is 0.556. The lowest BCUT2D eigenvalue weighted by Crippen LogP contribution is -2.13. The first-order valence-electron chi connectivity index (χ1n) is 4.18. The molecule has 0 saturated carbocycles. The SMILES string of the molecule is CC(=O)C(CCCl)Cc1cncs1. The number of hydrogen-bond donors (Lipinski definition) is 0. The van der Waals surface area contributed by atoms with Gasteiger partial charge in [0.15, 0.2) is 0 Å². The summed E-state index contributed by atoms with van der Waals surface area (Å²) in [5.74, 6) is 0.829. The number of alkyl halides is 1. The first-order valence-corrected chi connectivity index (χ1v) is 5.59. The monoisotopic (exact) mass is 217 g/mol. The largest absolute Gasteiger partial charge is 0.300 e. The van der Waals surface area contributed by atoms with Gasteiger partial charge in [-0.05, 0) is 19.8 Å². The van der Waals surface area contributed by atoms with Gasteiger partial charge in [0.1, 0.15) is 5.78 Å². The standard InChI is InChI=1S/C9H12ClNOS/c1-7(12)8(2-3-10)4-9-5-11-6-13-9/h5-6,8H,2-4H2,1H3. The molecular formula is C9H12ClNOS. The maximum absolute atomic E-state index is 11.2. The maximum atomic E-state index is 11.2. The average molecular weight is 218 g/mol. The number of ketones is 1. The normalized spacial score (nSPS) is 12.8. The minimum Gasteiger partial charge on any atom is -0.300 e. The van der Waals surface area contributed by atoms with Crippen molar-refractivity contribution in [2.24, 2.45) is 5.92 Å². The summed E-state index contributed by atoms with van der Waals surface area (Å²) in [5, 5.41) is 0. The van der Waals surface area contributed by atoms with Crippen LogP contribution in [0.1, 0.15) is 18.2 Å². The number of rotatable bonds is 5. The van der Waals surface area contributed by atoms with E-state index < -0.39 is 0 Å². The van der Waals surface area contributed by atoms with Crippen molar-refractivity contribution in [1.82, 2.24) is 4.98 Å². The highest BCUT2D eigenvalue weighted by Gasteiger charge is 2.14. The van der Waals surface area contributed by atoms with Gasteiger partial charge in [0, 0.05) is 22.9 Å². The van der Waals surface area contributed by atoms with E-state index in [9.17, 15) is 4.79 Å². The van der Waals surface area contributed by atoms with Crippen molar-refractivity contribution >= 4 is 28.7 Å². The number of halogens is 1. The van der Waals surface area contributed by atoms with Crippen LogP contribution in [0.15, 0.2) is 11.7 Å². The van der Waals surface area contributed by atoms with E-state index >= 15 is 0 Å². The molecule has 0 saturated heterocycles. The lowest BCUT2D eigenvalue weighted by molar-refractivity contribution is -0.120. The molecule has 1 atom stereocenters. The molecule has 0 amide bonds. The van der Waals surface area contributed by atoms with E-state index in [-0.39, 0.29) is 11.7 Å². The number of Topliss-reactive ketones (excluding diaryl/α,β-unsaturated/α-hetero) is 1. The predicted octanol–water partition coefficient (Wildman–Crippen LogP) is 2.52. The van der Waals surface area contributed by atoms with Crippen LogP contribution in [0.5, 0.6) is 0 Å². The number of thiazole rings is 1. The molecule has 0 aromatic carbocycles. The van der Waals surface area contributed by atoms with Gasteiger partial charge in [-0.3, -0.25) is 9.78 Å². The van der Waals surface area contributed by atoms with Crippen molar-refractivity contribution in [3.8, 4) is 0 Å². The Labute approximate surface area is 86.9 Å². The molecule has 1 aromatic rings. The second-order valence-corrected chi connectivity index (χ2v) is 4.31. The lowest BCUT2D eigenvalue weighted by Gasteiger charge is -2.09. The van der Waals surface area contributed by atoms with Crippen LogP contribution < -0.4 is 0 Å². The zero-order valence-electron chi connectivity index (χ0n) is 7.50. The Morgan fingerprint density at radius 3 is 3.00 bits per heavy atom. The zero-order valence-corrected chi connectivity index (χ0v) is 9.07. The second-order valence-electron chi connectivity index (χ2n) is 2.96. The van der Waals surface area contributed by atoms with Crippen LogP contribution in [-0.2, 0) is 11.2 Å². The molecule has 2 nitrogen and oxygen atoms in total. The van der Waals surface area contributed by atoms with Gasteiger partial charge >= 0.3 is 0 Å². The van der Waals surface area contributed by atoms with Gasteiger partial charge in [-0.2, -0.15) is 0 Å². The van der Waals surface area contributed by atoms with Crippen LogP contribution in [0.4, 0.5) is 0 Å². The smallest absolute Gasteiger partial charge is 0.133 e. The quantitative estimate of drug-likeness (QED) is 0.710. The van der Waals surface area contributed by atoms with Gasteiger partial charge in [-0.1, -0.05) is 0 Å². The summed E-state index contributed by atoms with van der Waals surface area (Å²) in [6, 6.07) is 0. The van der Waals surface area contributed by atoms with E-state index in [2.05, 4.69) is 4.98 Å². The third kappa shape index (κ3) is 3.44. The third-order valence-corrected chi connectivity index (χ3v) is 2.98. The van der Waals surface area contributed by atoms with Crippen molar-refractivity contribution in [3.05, 3.63) is 16.6 Å². The van der Waals surface area contributed by atoms with Crippen LogP contribution >= 0.6 is 22.9 Å². The summed E-state index contributed by atoms with van der Waals surface area (Å²) in [5.41, 5.74) is 1.78. The third-order valence-electron chi connectivity index (χ3n) is 1.96. The molecule has 0 aliphatic carbocycles. The molecule has 0 radical (unpaired) electrons. The van der Waals surface area contributed by atoms with Crippen molar-refractivity contribution in [2.75, 3.05) is 5.88 Å². The molecule has 0 fully saturated rings. The fourth-order valence-corrected chi connectivity index (χ4v) is 2.11. The minimum absolute atomic E-state index is 0.0675. The molecular weight excluding hydrogens is 206 g/mol. The van der Waals surface area contributed by atoms with E-state index in [0.29, 0.717) is 5.88 Å². The summed E-state index contributed by atoms with van der Waals surface area (Å²) in [6.45, 7) is 1.62. The van der Waals surface area contributed by atoms with Crippen molar-refractivity contribution < 1.29 is 4.79 Å². The molecule has 0 aliphatic rings. The molecule has 1 heterocycles. The Hall–Kier alpha value is -0.410. The fourth-order valence-electron chi connectivity index (χ4n) is 1.17. The van der Waals surface area contributed by atoms with Gasteiger partial charge in [-0.15, -0.1) is 22.9 Å². The molecule has 72 valence electrons. The molecule has 0 spiro atoms. The van der Waals surface area contributed by atoms with Crippen LogP contribution in [-0.4, -0.2) is 16.6 Å². The first kappa shape index (κ1) is 10.7. The van der Waals surface area contributed by atoms with Gasteiger partial charge in [0.2, 0.25) is 0 Å². The maximum Gasteiger partial charge on any atom is 0.133 e. The number of nitrogens with zero attached hydrogens (tertiary/aromatic N) is 1. The van der Waals surface area contributed by atoms with E-state index in [1.807, 2.05) is 6.20 Å². The Balaban J connectivity index is 2.52. The highest BCUT2D eigenvalue weighted by molar-refractivity contribution is 7.09. The lowest BCUT2D eigenvalue weighted by atomic mass is 9.98. The number of hydrogen-bond acceptors (Lipinski definition) is 3. The van der Waals surface area contributed by atoms with Gasteiger partial charge in [0.25, 0.3) is 0 Å². The highest BCUT2D eigenvalue weighted by Crippen LogP contribution is 2.16. The summed E-state index contributed by atoms with van der Waals surface area (Å²) in [6.07, 6.45) is 3.36. The summed E-state index contributed by atoms with van der Waals surface area (Å²) >= 11 is 7.20. The van der Waals surface area contributed by atoms with Crippen molar-refractivity contribution in [2.45, 2.75) is 19.8 Å². The van der Waals surface area contributed by atoms with E-state index in [1.165, 1.54) is 0 Å². The van der Waals surface area contributed by atoms with Crippen LogP contribution in [0.2, 0.25) is 0 Å². The Bertz CT molecular complexity index is 261. The van der Waals surface area contributed by atoms with Gasteiger partial charge in [-0.25, -0.2) is 0 Å². The Morgan fingerprint density at radius 1 is 1.77 bits per heavy atom. The van der Waals surface area contributed by atoms with Crippen LogP contribution in [0.25, 0.3) is 0 Å². The number of aromatic nitrogens is 1. The summed E-state index contributed by atoms with van der Waals surface area (Å²) in [4.78, 5) is 16.3. The van der Waals surface area contributed by atoms with Gasteiger partial charge in [0.05, 0.1) is 5.51 Å². The van der Waals surface area contributed by atoms with E-state index in [1.54, 1.807) is 23.8 Å². The van der Waals surface area contributed by atoms with Gasteiger partial charge < -0.3 is 0 Å². The minimum atomic E-state index is 0.0675. The molecule has 1 rings (SSSR count). The Kier molecular flexibility index (Phi) is 4.39. The predicted molar refractivity (Wildman–Crippen MR) is 55.3 cm³/mol. The summed E-state index contributed by atoms with van der Waals surface area (Å²) < 4.78 is 0. The first-order chi connectivity index (χ1) is 6.24. The van der Waals surface area contributed by atoms with E-state index in [0.717, 1.165) is 17.7 Å². The van der Waals surface area contributed by atoms with Crippen molar-refractivity contribution in [1.29, 1.82) is 0 Å². The molecule has 0 aliphatic heterocycles. The molecule has 1 unspecified atom stereocenters. The van der Waals surface area contributed by atoms with Crippen LogP contribution in [0.3, 0.4) is 0 Å². The molecule has 0 N–H and O–H groups in total. The number of carbonyl (C=O) groups is 1. The van der Waals surface area contributed by atoms with Crippen LogP contribution in [0, 0.1) is 5.92 Å². The summed E-state index contributed by atoms with van der Waals surface area (Å²) in [7, 11) is 0. The molecule has 0 bridgehead atoms. The zero-order chi connectivity index (χ0) is 9.68. The highest BCUT2D eigenvalue weighted by atomic mass is 35.5. The topological polar surface area (TPSA) is 30.0 Å². The van der Waals surface area contributed by atoms with Crippen molar-refractivity contribution in [3.63, 3.8) is 0 Å². The Morgan fingerprint density at radius 2 is 2.54 bits per heavy atom.